The molecule has 216 valence electrons. The SMILES string of the molecule is Oc1c2c(OC(c3ccccc3)c3ccccc3)c3ncccc3c(-c3c(F)cccc3F)c2cn1Cc1ccc(F)cc1. The molecule has 2 aromatic heterocycles. The molecular weight excluding hydrogens is 561 g/mol. The van der Waals surface area contributed by atoms with Crippen molar-refractivity contribution in [1.82, 2.24) is 9.55 Å². The van der Waals surface area contributed by atoms with Gasteiger partial charge in [-0.05, 0) is 47.0 Å². The summed E-state index contributed by atoms with van der Waals surface area (Å²) in [7, 11) is 0. The van der Waals surface area contributed by atoms with Crippen molar-refractivity contribution in [1.29, 1.82) is 0 Å². The Hall–Kier alpha value is -5.56. The van der Waals surface area contributed by atoms with E-state index in [2.05, 4.69) is 4.98 Å². The molecule has 0 spiro atoms. The van der Waals surface area contributed by atoms with E-state index in [0.29, 0.717) is 16.3 Å². The topological polar surface area (TPSA) is 47.3 Å². The van der Waals surface area contributed by atoms with Gasteiger partial charge < -0.3 is 14.4 Å². The highest BCUT2D eigenvalue weighted by Gasteiger charge is 2.28. The number of benzene rings is 5. The lowest BCUT2D eigenvalue weighted by Gasteiger charge is -2.23. The van der Waals surface area contributed by atoms with Crippen LogP contribution in [0.25, 0.3) is 32.8 Å². The molecule has 4 nitrogen and oxygen atoms in total. The average molecular weight is 587 g/mol. The molecule has 0 aliphatic heterocycles. The van der Waals surface area contributed by atoms with Gasteiger partial charge in [-0.3, -0.25) is 4.98 Å². The predicted molar refractivity (Wildman–Crippen MR) is 165 cm³/mol. The average Bonchev–Trinajstić information content (AvgIpc) is 3.37. The van der Waals surface area contributed by atoms with Crippen LogP contribution in [0.15, 0.2) is 128 Å². The summed E-state index contributed by atoms with van der Waals surface area (Å²) in [6.45, 7) is 0.171. The van der Waals surface area contributed by atoms with Gasteiger partial charge in [0.2, 0.25) is 5.88 Å². The Morgan fingerprint density at radius 2 is 1.32 bits per heavy atom. The van der Waals surface area contributed by atoms with E-state index in [1.54, 1.807) is 41.2 Å². The van der Waals surface area contributed by atoms with Crippen LogP contribution in [0.4, 0.5) is 13.2 Å². The molecule has 44 heavy (non-hydrogen) atoms. The van der Waals surface area contributed by atoms with E-state index in [0.717, 1.165) is 16.7 Å². The second kappa shape index (κ2) is 11.3. The Labute approximate surface area is 251 Å². The number of rotatable bonds is 7. The van der Waals surface area contributed by atoms with Gasteiger partial charge in [0.1, 0.15) is 29.1 Å². The zero-order valence-electron chi connectivity index (χ0n) is 23.3. The van der Waals surface area contributed by atoms with Crippen LogP contribution in [0.5, 0.6) is 11.6 Å². The second-order valence-corrected chi connectivity index (χ2v) is 10.5. The largest absolute Gasteiger partial charge is 0.494 e. The van der Waals surface area contributed by atoms with Crippen LogP contribution in [-0.2, 0) is 6.54 Å². The fourth-order valence-electron chi connectivity index (χ4n) is 5.74. The monoisotopic (exact) mass is 586 g/mol. The van der Waals surface area contributed by atoms with E-state index < -0.39 is 17.7 Å². The Morgan fingerprint density at radius 1 is 0.682 bits per heavy atom. The smallest absolute Gasteiger partial charge is 0.203 e. The summed E-state index contributed by atoms with van der Waals surface area (Å²) in [5.41, 5.74) is 2.80. The van der Waals surface area contributed by atoms with E-state index in [1.807, 2.05) is 60.7 Å². The molecule has 2 heterocycles. The number of pyridine rings is 1. The van der Waals surface area contributed by atoms with Crippen LogP contribution in [0.1, 0.15) is 22.8 Å². The highest BCUT2D eigenvalue weighted by molar-refractivity contribution is 6.17. The summed E-state index contributed by atoms with van der Waals surface area (Å²) in [6.07, 6.45) is 2.63. The molecule has 0 atom stereocenters. The molecule has 0 amide bonds. The van der Waals surface area contributed by atoms with Gasteiger partial charge >= 0.3 is 0 Å². The zero-order chi connectivity index (χ0) is 30.2. The lowest BCUT2D eigenvalue weighted by molar-refractivity contribution is 0.252. The number of halogens is 3. The molecule has 7 heteroatoms. The van der Waals surface area contributed by atoms with E-state index in [1.165, 1.54) is 30.3 Å². The Morgan fingerprint density at radius 3 is 1.95 bits per heavy atom. The Bertz CT molecular complexity index is 2050. The van der Waals surface area contributed by atoms with Crippen molar-refractivity contribution in [3.63, 3.8) is 0 Å². The van der Waals surface area contributed by atoms with Crippen molar-refractivity contribution in [2.45, 2.75) is 12.6 Å². The van der Waals surface area contributed by atoms with Crippen LogP contribution >= 0.6 is 0 Å². The summed E-state index contributed by atoms with van der Waals surface area (Å²) in [6, 6.07) is 32.4. The molecule has 5 aromatic carbocycles. The number of ether oxygens (including phenoxy) is 1. The van der Waals surface area contributed by atoms with E-state index >= 15 is 8.78 Å². The van der Waals surface area contributed by atoms with Gasteiger partial charge in [0.15, 0.2) is 5.75 Å². The standard InChI is InChI=1S/C37H25F3N2O2/c38-26-18-16-23(17-19-26)21-42-22-28-31(33-29(39)14-7-15-30(33)40)27-13-8-20-41-34(27)36(32(28)37(42)43)44-35(24-9-3-1-4-10-24)25-11-5-2-6-12-25/h1-20,22,35,43H,21H2. The molecule has 0 saturated heterocycles. The fraction of sp³-hybridized carbons (Fsp3) is 0.0541. The van der Waals surface area contributed by atoms with Crippen molar-refractivity contribution < 1.29 is 23.0 Å². The minimum atomic E-state index is -0.748. The Kier molecular flexibility index (Phi) is 6.98. The van der Waals surface area contributed by atoms with E-state index in [-0.39, 0.29) is 40.5 Å². The summed E-state index contributed by atoms with van der Waals surface area (Å²) >= 11 is 0. The van der Waals surface area contributed by atoms with Crippen molar-refractivity contribution in [2.75, 3.05) is 0 Å². The predicted octanol–water partition coefficient (Wildman–Crippen LogP) is 9.20. The van der Waals surface area contributed by atoms with Crippen LogP contribution in [0.2, 0.25) is 0 Å². The fourth-order valence-corrected chi connectivity index (χ4v) is 5.74. The highest BCUT2D eigenvalue weighted by Crippen LogP contribution is 2.49. The third kappa shape index (κ3) is 4.82. The molecule has 0 saturated carbocycles. The number of aromatic nitrogens is 2. The van der Waals surface area contributed by atoms with Gasteiger partial charge in [-0.1, -0.05) is 84.9 Å². The molecule has 7 aromatic rings. The molecular formula is C37H25F3N2O2. The third-order valence-electron chi connectivity index (χ3n) is 7.76. The summed E-state index contributed by atoms with van der Waals surface area (Å²) in [5, 5.41) is 12.9. The maximum Gasteiger partial charge on any atom is 0.203 e. The molecule has 7 rings (SSSR count). The molecule has 0 fully saturated rings. The summed E-state index contributed by atoms with van der Waals surface area (Å²) < 4.78 is 52.9. The van der Waals surface area contributed by atoms with E-state index in [4.69, 9.17) is 4.74 Å². The number of nitrogens with zero attached hydrogens (tertiary/aromatic N) is 2. The van der Waals surface area contributed by atoms with Gasteiger partial charge in [-0.2, -0.15) is 0 Å². The van der Waals surface area contributed by atoms with Gasteiger partial charge in [0.05, 0.1) is 17.5 Å². The normalized spacial score (nSPS) is 11.5. The van der Waals surface area contributed by atoms with Crippen LogP contribution in [-0.4, -0.2) is 14.7 Å². The molecule has 0 unspecified atom stereocenters. The lowest BCUT2D eigenvalue weighted by atomic mass is 9.94. The minimum Gasteiger partial charge on any atom is -0.494 e. The van der Waals surface area contributed by atoms with Crippen LogP contribution in [0.3, 0.4) is 0 Å². The van der Waals surface area contributed by atoms with Gasteiger partial charge in [-0.25, -0.2) is 13.2 Å². The molecule has 0 radical (unpaired) electrons. The summed E-state index contributed by atoms with van der Waals surface area (Å²) in [5.74, 6) is -1.78. The summed E-state index contributed by atoms with van der Waals surface area (Å²) in [4.78, 5) is 4.63. The van der Waals surface area contributed by atoms with Crippen LogP contribution in [0, 0.1) is 17.5 Å². The van der Waals surface area contributed by atoms with Crippen molar-refractivity contribution >= 4 is 21.7 Å². The first-order valence-corrected chi connectivity index (χ1v) is 14.1. The molecule has 0 bridgehead atoms. The number of fused-ring (bicyclic) bond motifs is 2. The zero-order valence-corrected chi connectivity index (χ0v) is 23.3. The Balaban J connectivity index is 1.54. The number of hydrogen-bond acceptors (Lipinski definition) is 3. The quantitative estimate of drug-likeness (QED) is 0.203. The lowest BCUT2D eigenvalue weighted by Crippen LogP contribution is -2.10. The second-order valence-electron chi connectivity index (χ2n) is 10.5. The highest BCUT2D eigenvalue weighted by atomic mass is 19.1. The number of aromatic hydroxyl groups is 1. The molecule has 0 aliphatic carbocycles. The number of hydrogen-bond donors (Lipinski definition) is 1. The van der Waals surface area contributed by atoms with E-state index in [9.17, 15) is 9.50 Å². The van der Waals surface area contributed by atoms with Crippen molar-refractivity contribution in [3.05, 3.63) is 162 Å². The van der Waals surface area contributed by atoms with Crippen molar-refractivity contribution in [2.24, 2.45) is 0 Å². The first-order valence-electron chi connectivity index (χ1n) is 14.1. The molecule has 0 aliphatic rings. The van der Waals surface area contributed by atoms with Gasteiger partial charge in [0, 0.05) is 28.7 Å². The van der Waals surface area contributed by atoms with Crippen LogP contribution < -0.4 is 4.74 Å². The van der Waals surface area contributed by atoms with Gasteiger partial charge in [0.25, 0.3) is 0 Å². The first-order chi connectivity index (χ1) is 21.5. The molecule has 1 N–H and O–H groups in total. The van der Waals surface area contributed by atoms with Crippen molar-refractivity contribution in [3.8, 4) is 22.8 Å². The minimum absolute atomic E-state index is 0.171. The van der Waals surface area contributed by atoms with Gasteiger partial charge in [-0.15, -0.1) is 0 Å². The third-order valence-corrected chi connectivity index (χ3v) is 7.76. The maximum atomic E-state index is 15.4. The maximum absolute atomic E-state index is 15.4. The first kappa shape index (κ1) is 27.3.